The molecule has 182 valence electrons. The zero-order chi connectivity index (χ0) is 25.3. The first-order valence-electron chi connectivity index (χ1n) is 10.5. The van der Waals surface area contributed by atoms with Gasteiger partial charge >= 0.3 is 4.87 Å². The van der Waals surface area contributed by atoms with Crippen LogP contribution in [0.25, 0.3) is 10.2 Å². The zero-order valence-electron chi connectivity index (χ0n) is 18.8. The normalized spacial score (nSPS) is 11.5. The molecular formula is C24H21Cl2N3O4S2. The van der Waals surface area contributed by atoms with E-state index >= 15 is 0 Å². The summed E-state index contributed by atoms with van der Waals surface area (Å²) in [7, 11) is -3.67. The third kappa shape index (κ3) is 5.38. The largest absolute Gasteiger partial charge is 0.322 e. The van der Waals surface area contributed by atoms with Crippen molar-refractivity contribution >= 4 is 72.1 Å². The second-order valence-corrected chi connectivity index (χ2v) is 11.5. The van der Waals surface area contributed by atoms with Crippen LogP contribution in [0.5, 0.6) is 0 Å². The van der Waals surface area contributed by atoms with Gasteiger partial charge in [-0.1, -0.05) is 40.6 Å². The van der Waals surface area contributed by atoms with E-state index in [0.717, 1.165) is 27.8 Å². The van der Waals surface area contributed by atoms with Gasteiger partial charge in [0.25, 0.3) is 5.91 Å². The molecule has 0 aliphatic heterocycles. The molecule has 0 unspecified atom stereocenters. The van der Waals surface area contributed by atoms with Crippen LogP contribution in [0.1, 0.15) is 22.8 Å². The van der Waals surface area contributed by atoms with Gasteiger partial charge in [0.05, 0.1) is 28.7 Å². The molecule has 4 aromatic rings. The average Bonchev–Trinajstić information content (AvgIpc) is 3.12. The van der Waals surface area contributed by atoms with E-state index in [-0.39, 0.29) is 17.3 Å². The number of sulfonamides is 1. The number of hydrogen-bond acceptors (Lipinski definition) is 5. The minimum atomic E-state index is -3.67. The molecule has 0 saturated carbocycles. The van der Waals surface area contributed by atoms with Crippen LogP contribution in [-0.2, 0) is 23.1 Å². The standard InChI is InChI=1S/C24H21Cl2N3O4S2/c1-3-28-21-12-9-16(13-22(21)34-24(28)31)27-23(30)15-7-10-17(11-8-15)29(35(2,32)33)14-18-19(25)5-4-6-20(18)26/h4-13H,3,14H2,1-2H3,(H,27,30). The number of rotatable bonds is 7. The molecule has 1 aromatic heterocycles. The molecule has 1 N–H and O–H groups in total. The number of benzene rings is 3. The van der Waals surface area contributed by atoms with Gasteiger partial charge < -0.3 is 5.32 Å². The maximum absolute atomic E-state index is 12.8. The van der Waals surface area contributed by atoms with Crippen LogP contribution in [0.15, 0.2) is 65.5 Å². The second-order valence-electron chi connectivity index (χ2n) is 7.77. The van der Waals surface area contributed by atoms with E-state index in [1.54, 1.807) is 65.2 Å². The van der Waals surface area contributed by atoms with E-state index in [2.05, 4.69) is 5.32 Å². The molecule has 7 nitrogen and oxygen atoms in total. The first kappa shape index (κ1) is 25.2. The van der Waals surface area contributed by atoms with E-state index in [0.29, 0.717) is 39.1 Å². The summed E-state index contributed by atoms with van der Waals surface area (Å²) in [5.41, 5.74) is 2.58. The third-order valence-electron chi connectivity index (χ3n) is 5.42. The van der Waals surface area contributed by atoms with E-state index in [1.807, 2.05) is 6.92 Å². The number of amides is 1. The molecule has 11 heteroatoms. The summed E-state index contributed by atoms with van der Waals surface area (Å²) >= 11 is 13.6. The highest BCUT2D eigenvalue weighted by atomic mass is 35.5. The van der Waals surface area contributed by atoms with Gasteiger partial charge in [0.2, 0.25) is 10.0 Å². The van der Waals surface area contributed by atoms with Gasteiger partial charge in [0.15, 0.2) is 0 Å². The molecule has 4 rings (SSSR count). The Morgan fingerprint density at radius 3 is 2.31 bits per heavy atom. The van der Waals surface area contributed by atoms with Gasteiger partial charge in [0.1, 0.15) is 0 Å². The lowest BCUT2D eigenvalue weighted by Crippen LogP contribution is -2.29. The number of carbonyl (C=O) groups is 1. The highest BCUT2D eigenvalue weighted by Crippen LogP contribution is 2.29. The smallest absolute Gasteiger partial charge is 0.308 e. The minimum Gasteiger partial charge on any atom is -0.322 e. The fourth-order valence-electron chi connectivity index (χ4n) is 3.65. The highest BCUT2D eigenvalue weighted by molar-refractivity contribution is 7.92. The SMILES string of the molecule is CCn1c(=O)sc2cc(NC(=O)c3ccc(N(Cc4c(Cl)cccc4Cl)S(C)(=O)=O)cc3)ccc21. The second kappa shape index (κ2) is 10.0. The van der Waals surface area contributed by atoms with Gasteiger partial charge in [-0.2, -0.15) is 0 Å². The first-order chi connectivity index (χ1) is 16.6. The Bertz CT molecular complexity index is 1560. The molecule has 0 spiro atoms. The number of aromatic nitrogens is 1. The van der Waals surface area contributed by atoms with Crippen molar-refractivity contribution in [2.24, 2.45) is 0 Å². The van der Waals surface area contributed by atoms with Crippen molar-refractivity contribution in [2.75, 3.05) is 15.9 Å². The summed E-state index contributed by atoms with van der Waals surface area (Å²) in [5.74, 6) is -0.363. The van der Waals surface area contributed by atoms with Gasteiger partial charge in [0, 0.05) is 33.4 Å². The van der Waals surface area contributed by atoms with E-state index in [9.17, 15) is 18.0 Å². The molecular weight excluding hydrogens is 529 g/mol. The minimum absolute atomic E-state index is 0.0462. The van der Waals surface area contributed by atoms with Crippen molar-refractivity contribution in [3.63, 3.8) is 0 Å². The van der Waals surface area contributed by atoms with Gasteiger partial charge in [-0.3, -0.25) is 18.5 Å². The Kier molecular flexibility index (Phi) is 7.23. The van der Waals surface area contributed by atoms with Crippen LogP contribution in [0.4, 0.5) is 11.4 Å². The molecule has 0 atom stereocenters. The van der Waals surface area contributed by atoms with Crippen molar-refractivity contribution in [1.82, 2.24) is 4.57 Å². The number of hydrogen-bond donors (Lipinski definition) is 1. The summed E-state index contributed by atoms with van der Waals surface area (Å²) in [6, 6.07) is 16.5. The summed E-state index contributed by atoms with van der Waals surface area (Å²) < 4.78 is 28.7. The quantitative estimate of drug-likeness (QED) is 0.324. The number of nitrogens with one attached hydrogen (secondary N) is 1. The monoisotopic (exact) mass is 549 g/mol. The van der Waals surface area contributed by atoms with Gasteiger partial charge in [-0.15, -0.1) is 0 Å². The first-order valence-corrected chi connectivity index (χ1v) is 14.0. The van der Waals surface area contributed by atoms with Crippen LogP contribution < -0.4 is 14.5 Å². The van der Waals surface area contributed by atoms with Crippen LogP contribution >= 0.6 is 34.5 Å². The molecule has 0 aliphatic carbocycles. The molecule has 0 bridgehead atoms. The van der Waals surface area contributed by atoms with Crippen LogP contribution in [0.2, 0.25) is 10.0 Å². The van der Waals surface area contributed by atoms with Crippen LogP contribution in [0, 0.1) is 0 Å². The summed E-state index contributed by atoms with van der Waals surface area (Å²) in [6.07, 6.45) is 1.09. The molecule has 1 amide bonds. The maximum atomic E-state index is 12.8. The predicted octanol–water partition coefficient (Wildman–Crippen LogP) is 5.61. The molecule has 35 heavy (non-hydrogen) atoms. The predicted molar refractivity (Wildman–Crippen MR) is 144 cm³/mol. The zero-order valence-corrected chi connectivity index (χ0v) is 21.9. The third-order valence-corrected chi connectivity index (χ3v) is 8.21. The Hall–Kier alpha value is -2.85. The maximum Gasteiger partial charge on any atom is 0.308 e. The molecule has 0 radical (unpaired) electrons. The lowest BCUT2D eigenvalue weighted by Gasteiger charge is -2.23. The number of halogens is 2. The Labute approximate surface area is 216 Å². The van der Waals surface area contributed by atoms with Gasteiger partial charge in [-0.25, -0.2) is 8.42 Å². The van der Waals surface area contributed by atoms with Crippen LogP contribution in [0.3, 0.4) is 0 Å². The fourth-order valence-corrected chi connectivity index (χ4v) is 6.03. The molecule has 1 heterocycles. The number of aryl methyl sites for hydroxylation is 1. The van der Waals surface area contributed by atoms with Gasteiger partial charge in [-0.05, 0) is 61.5 Å². The molecule has 0 aliphatic rings. The topological polar surface area (TPSA) is 88.5 Å². The van der Waals surface area contributed by atoms with E-state index in [4.69, 9.17) is 23.2 Å². The molecule has 3 aromatic carbocycles. The van der Waals surface area contributed by atoms with Crippen molar-refractivity contribution < 1.29 is 13.2 Å². The van der Waals surface area contributed by atoms with E-state index < -0.39 is 10.0 Å². The Balaban J connectivity index is 1.56. The lowest BCUT2D eigenvalue weighted by atomic mass is 10.1. The van der Waals surface area contributed by atoms with Crippen molar-refractivity contribution in [3.05, 3.63) is 91.5 Å². The summed E-state index contributed by atoms with van der Waals surface area (Å²) in [5, 5.41) is 3.54. The highest BCUT2D eigenvalue weighted by Gasteiger charge is 2.21. The van der Waals surface area contributed by atoms with E-state index in [1.165, 1.54) is 4.31 Å². The number of anilines is 2. The van der Waals surface area contributed by atoms with Crippen molar-refractivity contribution in [2.45, 2.75) is 20.0 Å². The summed E-state index contributed by atoms with van der Waals surface area (Å²) in [4.78, 5) is 24.8. The fraction of sp³-hybridized carbons (Fsp3) is 0.167. The molecule has 0 saturated heterocycles. The van der Waals surface area contributed by atoms with Crippen molar-refractivity contribution in [3.8, 4) is 0 Å². The lowest BCUT2D eigenvalue weighted by molar-refractivity contribution is 0.102. The number of carbonyl (C=O) groups excluding carboxylic acids is 1. The number of nitrogens with zero attached hydrogens (tertiary/aromatic N) is 2. The number of thiazole rings is 1. The Morgan fingerprint density at radius 2 is 1.71 bits per heavy atom. The average molecular weight is 550 g/mol. The van der Waals surface area contributed by atoms with Crippen LogP contribution in [-0.4, -0.2) is 25.1 Å². The molecule has 0 fully saturated rings. The van der Waals surface area contributed by atoms with Crippen molar-refractivity contribution in [1.29, 1.82) is 0 Å². The Morgan fingerprint density at radius 1 is 1.06 bits per heavy atom. The summed E-state index contributed by atoms with van der Waals surface area (Å²) in [6.45, 7) is 2.42. The number of fused-ring (bicyclic) bond motifs is 1.